The van der Waals surface area contributed by atoms with Crippen molar-refractivity contribution >= 4 is 23.3 Å². The van der Waals surface area contributed by atoms with Crippen LogP contribution in [0.25, 0.3) is 0 Å². The Morgan fingerprint density at radius 1 is 1.07 bits per heavy atom. The van der Waals surface area contributed by atoms with Gasteiger partial charge in [-0.25, -0.2) is 4.79 Å². The first kappa shape index (κ1) is 19.0. The average molecular weight is 365 g/mol. The predicted molar refractivity (Wildman–Crippen MR) is 109 cm³/mol. The van der Waals surface area contributed by atoms with Crippen molar-refractivity contribution in [3.8, 4) is 0 Å². The van der Waals surface area contributed by atoms with Crippen LogP contribution >= 0.6 is 0 Å². The molecular weight excluding hydrogens is 338 g/mol. The summed E-state index contributed by atoms with van der Waals surface area (Å²) in [6.07, 6.45) is 1.75. The molecule has 0 spiro atoms. The van der Waals surface area contributed by atoms with E-state index in [9.17, 15) is 9.59 Å². The summed E-state index contributed by atoms with van der Waals surface area (Å²) < 4.78 is 0. The van der Waals surface area contributed by atoms with Crippen molar-refractivity contribution in [3.05, 3.63) is 59.2 Å². The third-order valence-electron chi connectivity index (χ3n) is 4.84. The van der Waals surface area contributed by atoms with Crippen molar-refractivity contribution in [2.45, 2.75) is 40.2 Å². The minimum absolute atomic E-state index is 0.0251. The zero-order valence-corrected chi connectivity index (χ0v) is 16.2. The highest BCUT2D eigenvalue weighted by Gasteiger charge is 2.24. The predicted octanol–water partition coefficient (Wildman–Crippen LogP) is 4.12. The molecule has 0 fully saturated rings. The van der Waals surface area contributed by atoms with Crippen molar-refractivity contribution < 1.29 is 9.59 Å². The Kier molecular flexibility index (Phi) is 5.79. The molecule has 0 radical (unpaired) electrons. The standard InChI is InChI=1S/C22H27N3O2/c1-15(2)13-17-7-4-5-8-18(17)14-23-22(27)24-20-9-6-10-21-19(20)11-12-25(21)16(3)26/h4-10,15H,11-14H2,1-3H3,(H2,23,24,27). The number of hydrogen-bond donors (Lipinski definition) is 2. The zero-order chi connectivity index (χ0) is 19.4. The van der Waals surface area contributed by atoms with Crippen LogP contribution in [-0.4, -0.2) is 18.5 Å². The Labute approximate surface area is 160 Å². The van der Waals surface area contributed by atoms with Crippen LogP contribution in [0.2, 0.25) is 0 Å². The molecule has 3 rings (SSSR count). The van der Waals surface area contributed by atoms with Crippen LogP contribution in [0.1, 0.15) is 37.5 Å². The van der Waals surface area contributed by atoms with Crippen LogP contribution in [0.4, 0.5) is 16.2 Å². The molecule has 0 aliphatic carbocycles. The topological polar surface area (TPSA) is 61.4 Å². The monoisotopic (exact) mass is 365 g/mol. The molecule has 0 unspecified atom stereocenters. The largest absolute Gasteiger partial charge is 0.334 e. The lowest BCUT2D eigenvalue weighted by Gasteiger charge is -2.16. The highest BCUT2D eigenvalue weighted by atomic mass is 16.2. The number of fused-ring (bicyclic) bond motifs is 1. The first-order chi connectivity index (χ1) is 13.0. The molecule has 27 heavy (non-hydrogen) atoms. The van der Waals surface area contributed by atoms with Gasteiger partial charge in [-0.2, -0.15) is 0 Å². The van der Waals surface area contributed by atoms with Gasteiger partial charge in [0.1, 0.15) is 0 Å². The quantitative estimate of drug-likeness (QED) is 0.837. The number of anilines is 2. The number of urea groups is 1. The minimum atomic E-state index is -0.232. The summed E-state index contributed by atoms with van der Waals surface area (Å²) in [4.78, 5) is 25.9. The van der Waals surface area contributed by atoms with E-state index in [2.05, 4.69) is 36.6 Å². The van der Waals surface area contributed by atoms with E-state index in [1.54, 1.807) is 11.8 Å². The molecule has 2 aromatic rings. The van der Waals surface area contributed by atoms with E-state index in [-0.39, 0.29) is 11.9 Å². The maximum absolute atomic E-state index is 12.4. The van der Waals surface area contributed by atoms with E-state index in [0.29, 0.717) is 19.0 Å². The fraction of sp³-hybridized carbons (Fsp3) is 0.364. The Hall–Kier alpha value is -2.82. The van der Waals surface area contributed by atoms with Gasteiger partial charge in [-0.3, -0.25) is 4.79 Å². The average Bonchev–Trinajstić information content (AvgIpc) is 3.06. The van der Waals surface area contributed by atoms with Gasteiger partial charge in [-0.1, -0.05) is 44.2 Å². The van der Waals surface area contributed by atoms with Gasteiger partial charge in [0.2, 0.25) is 5.91 Å². The van der Waals surface area contributed by atoms with Gasteiger partial charge in [-0.15, -0.1) is 0 Å². The maximum atomic E-state index is 12.4. The summed E-state index contributed by atoms with van der Waals surface area (Å²) in [5, 5.41) is 5.90. The molecule has 1 heterocycles. The molecule has 0 atom stereocenters. The molecule has 0 saturated carbocycles. The third kappa shape index (κ3) is 4.48. The second-order valence-electron chi connectivity index (χ2n) is 7.40. The summed E-state index contributed by atoms with van der Waals surface area (Å²) >= 11 is 0. The molecule has 0 bridgehead atoms. The molecule has 5 nitrogen and oxygen atoms in total. The summed E-state index contributed by atoms with van der Waals surface area (Å²) in [7, 11) is 0. The number of benzene rings is 2. The number of amides is 3. The maximum Gasteiger partial charge on any atom is 0.319 e. The fourth-order valence-electron chi connectivity index (χ4n) is 3.59. The molecule has 3 amide bonds. The van der Waals surface area contributed by atoms with Gasteiger partial charge in [0.05, 0.1) is 0 Å². The van der Waals surface area contributed by atoms with Gasteiger partial charge in [-0.05, 0) is 42.0 Å². The summed E-state index contributed by atoms with van der Waals surface area (Å²) in [5.74, 6) is 0.591. The van der Waals surface area contributed by atoms with Gasteiger partial charge in [0.25, 0.3) is 0 Å². The highest BCUT2D eigenvalue weighted by Crippen LogP contribution is 2.33. The first-order valence-corrected chi connectivity index (χ1v) is 9.47. The number of carbonyl (C=O) groups is 2. The van der Waals surface area contributed by atoms with Gasteiger partial charge in [0.15, 0.2) is 0 Å². The SMILES string of the molecule is CC(=O)N1CCc2c(NC(=O)NCc3ccccc3CC(C)C)cccc21. The molecule has 1 aliphatic rings. The van der Waals surface area contributed by atoms with Crippen LogP contribution in [0.3, 0.4) is 0 Å². The van der Waals surface area contributed by atoms with E-state index < -0.39 is 0 Å². The Balaban J connectivity index is 1.66. The normalized spacial score (nSPS) is 12.8. The first-order valence-electron chi connectivity index (χ1n) is 9.47. The molecular formula is C22H27N3O2. The number of nitrogens with one attached hydrogen (secondary N) is 2. The number of rotatable bonds is 5. The zero-order valence-electron chi connectivity index (χ0n) is 16.2. The van der Waals surface area contributed by atoms with Gasteiger partial charge >= 0.3 is 6.03 Å². The van der Waals surface area contributed by atoms with E-state index in [1.807, 2.05) is 30.3 Å². The second kappa shape index (κ2) is 8.25. The van der Waals surface area contributed by atoms with E-state index >= 15 is 0 Å². The van der Waals surface area contributed by atoms with Crippen LogP contribution in [-0.2, 0) is 24.2 Å². The summed E-state index contributed by atoms with van der Waals surface area (Å²) in [5.41, 5.74) is 5.09. The Morgan fingerprint density at radius 2 is 1.81 bits per heavy atom. The van der Waals surface area contributed by atoms with Crippen molar-refractivity contribution in [2.75, 3.05) is 16.8 Å². The molecule has 0 saturated heterocycles. The van der Waals surface area contributed by atoms with Crippen LogP contribution in [0.5, 0.6) is 0 Å². The third-order valence-corrected chi connectivity index (χ3v) is 4.84. The molecule has 2 aromatic carbocycles. The lowest BCUT2D eigenvalue weighted by Crippen LogP contribution is -2.29. The van der Waals surface area contributed by atoms with Crippen molar-refractivity contribution in [1.29, 1.82) is 0 Å². The lowest BCUT2D eigenvalue weighted by molar-refractivity contribution is -0.116. The van der Waals surface area contributed by atoms with Crippen molar-refractivity contribution in [3.63, 3.8) is 0 Å². The summed E-state index contributed by atoms with van der Waals surface area (Å²) in [6.45, 7) is 7.10. The van der Waals surface area contributed by atoms with E-state index in [4.69, 9.17) is 0 Å². The van der Waals surface area contributed by atoms with Crippen molar-refractivity contribution in [2.24, 2.45) is 5.92 Å². The lowest BCUT2D eigenvalue weighted by atomic mass is 9.98. The van der Waals surface area contributed by atoms with Crippen LogP contribution in [0.15, 0.2) is 42.5 Å². The highest BCUT2D eigenvalue weighted by molar-refractivity contribution is 5.97. The van der Waals surface area contributed by atoms with Crippen LogP contribution in [0, 0.1) is 5.92 Å². The Morgan fingerprint density at radius 3 is 2.52 bits per heavy atom. The van der Waals surface area contributed by atoms with Gasteiger partial charge in [0, 0.05) is 37.0 Å². The van der Waals surface area contributed by atoms with Crippen molar-refractivity contribution in [1.82, 2.24) is 5.32 Å². The number of nitrogens with zero attached hydrogens (tertiary/aromatic N) is 1. The Bertz CT molecular complexity index is 845. The van der Waals surface area contributed by atoms with Gasteiger partial charge < -0.3 is 15.5 Å². The minimum Gasteiger partial charge on any atom is -0.334 e. The summed E-state index contributed by atoms with van der Waals surface area (Å²) in [6, 6.07) is 13.7. The number of carbonyl (C=O) groups excluding carboxylic acids is 2. The second-order valence-corrected chi connectivity index (χ2v) is 7.40. The molecule has 1 aliphatic heterocycles. The fourth-order valence-corrected chi connectivity index (χ4v) is 3.59. The van der Waals surface area contributed by atoms with E-state index in [1.165, 1.54) is 5.56 Å². The molecule has 2 N–H and O–H groups in total. The molecule has 142 valence electrons. The van der Waals surface area contributed by atoms with E-state index in [0.717, 1.165) is 35.3 Å². The van der Waals surface area contributed by atoms with Crippen LogP contribution < -0.4 is 15.5 Å². The smallest absolute Gasteiger partial charge is 0.319 e. The molecule has 5 heteroatoms. The number of hydrogen-bond acceptors (Lipinski definition) is 2. The molecule has 0 aromatic heterocycles.